The summed E-state index contributed by atoms with van der Waals surface area (Å²) in [6.07, 6.45) is 0.929. The molecule has 0 atom stereocenters. The van der Waals surface area contributed by atoms with Crippen molar-refractivity contribution in [1.82, 2.24) is 0 Å². The molecular weight excluding hydrogens is 480 g/mol. The lowest BCUT2D eigenvalue weighted by Crippen LogP contribution is -2.32. The van der Waals surface area contributed by atoms with Crippen LogP contribution in [0.3, 0.4) is 0 Å². The van der Waals surface area contributed by atoms with Crippen molar-refractivity contribution in [3.05, 3.63) is 108 Å². The normalized spacial score (nSPS) is 11.3. The van der Waals surface area contributed by atoms with Crippen LogP contribution in [0.2, 0.25) is 0 Å². The molecule has 0 fully saturated rings. The summed E-state index contributed by atoms with van der Waals surface area (Å²) in [7, 11) is 0. The van der Waals surface area contributed by atoms with Crippen LogP contribution >= 0.6 is 0 Å². The summed E-state index contributed by atoms with van der Waals surface area (Å²) in [6.45, 7) is 10.1. The molecule has 0 aliphatic carbocycles. The molecule has 39 heavy (non-hydrogen) atoms. The second-order valence-electron chi connectivity index (χ2n) is 11.5. The van der Waals surface area contributed by atoms with Gasteiger partial charge in [-0.1, -0.05) is 76.2 Å². The molecule has 4 heteroatoms. The molecule has 0 amide bonds. The molecule has 0 radical (unpaired) electrons. The van der Waals surface area contributed by atoms with E-state index in [1.165, 1.54) is 0 Å². The van der Waals surface area contributed by atoms with Crippen molar-refractivity contribution in [3.63, 3.8) is 0 Å². The molecule has 196 valence electrons. The third-order valence-electron chi connectivity index (χ3n) is 6.60. The molecule has 0 spiro atoms. The lowest BCUT2D eigenvalue weighted by atomic mass is 9.76. The summed E-state index contributed by atoms with van der Waals surface area (Å²) in [5.74, 6) is 1.68. The zero-order chi connectivity index (χ0) is 27.9. The minimum atomic E-state index is -0.0588. The highest BCUT2D eigenvalue weighted by Crippen LogP contribution is 2.35. The number of benzene rings is 4. The zero-order valence-electron chi connectivity index (χ0n) is 23.1. The van der Waals surface area contributed by atoms with Gasteiger partial charge in [-0.2, -0.15) is 10.5 Å². The highest BCUT2D eigenvalue weighted by Gasteiger charge is 2.30. The predicted octanol–water partition coefficient (Wildman–Crippen LogP) is 8.66. The van der Waals surface area contributed by atoms with Gasteiger partial charge in [-0.15, -0.1) is 0 Å². The number of ether oxygens (including phenoxy) is 2. The van der Waals surface area contributed by atoms with E-state index >= 15 is 0 Å². The maximum atomic E-state index is 9.04. The van der Waals surface area contributed by atoms with E-state index in [1.54, 1.807) is 0 Å². The van der Waals surface area contributed by atoms with Crippen molar-refractivity contribution in [3.8, 4) is 45.9 Å². The Hall–Kier alpha value is -4.54. The summed E-state index contributed by atoms with van der Waals surface area (Å²) >= 11 is 0. The van der Waals surface area contributed by atoms with Crippen LogP contribution in [0.25, 0.3) is 22.3 Å². The van der Waals surface area contributed by atoms with E-state index in [4.69, 9.17) is 20.0 Å². The predicted molar refractivity (Wildman–Crippen MR) is 156 cm³/mol. The van der Waals surface area contributed by atoms with Crippen LogP contribution in [0, 0.1) is 33.5 Å². The summed E-state index contributed by atoms with van der Waals surface area (Å²) in [4.78, 5) is 0. The number of nitrogens with zero attached hydrogens (tertiary/aromatic N) is 2. The molecule has 4 rings (SSSR count). The van der Waals surface area contributed by atoms with E-state index in [1.807, 2.05) is 91.0 Å². The Morgan fingerprint density at radius 2 is 0.974 bits per heavy atom. The third kappa shape index (κ3) is 7.73. The minimum Gasteiger partial charge on any atom is -0.493 e. The SMILES string of the molecule is CC(C)(COc1ccc(-c2ccc(C#N)cc2)cc1)CC(C)(C)COc1cccc(-c2ccc(C#N)cc2)c1. The molecule has 0 aliphatic rings. The first kappa shape index (κ1) is 27.5. The second kappa shape index (κ2) is 11.9. The van der Waals surface area contributed by atoms with Gasteiger partial charge in [-0.05, 0) is 88.0 Å². The van der Waals surface area contributed by atoms with Crippen LogP contribution in [-0.4, -0.2) is 13.2 Å². The van der Waals surface area contributed by atoms with Crippen LogP contribution in [0.15, 0.2) is 97.1 Å². The van der Waals surface area contributed by atoms with Crippen LogP contribution in [0.5, 0.6) is 11.5 Å². The molecule has 0 heterocycles. The van der Waals surface area contributed by atoms with Crippen LogP contribution in [0.1, 0.15) is 45.2 Å². The molecule has 0 bridgehead atoms. The highest BCUT2D eigenvalue weighted by atomic mass is 16.5. The summed E-state index contributed by atoms with van der Waals surface area (Å²) in [5.41, 5.74) is 5.48. The Morgan fingerprint density at radius 1 is 0.538 bits per heavy atom. The molecular formula is C35H34N2O2. The molecule has 0 saturated carbocycles. The largest absolute Gasteiger partial charge is 0.493 e. The molecule has 4 nitrogen and oxygen atoms in total. The van der Waals surface area contributed by atoms with Gasteiger partial charge in [0.25, 0.3) is 0 Å². The average molecular weight is 515 g/mol. The van der Waals surface area contributed by atoms with Crippen molar-refractivity contribution in [1.29, 1.82) is 10.5 Å². The van der Waals surface area contributed by atoms with E-state index < -0.39 is 0 Å². The van der Waals surface area contributed by atoms with Gasteiger partial charge in [-0.3, -0.25) is 0 Å². The number of hydrogen-bond acceptors (Lipinski definition) is 4. The van der Waals surface area contributed by atoms with E-state index in [9.17, 15) is 0 Å². The number of hydrogen-bond donors (Lipinski definition) is 0. The van der Waals surface area contributed by atoms with Gasteiger partial charge in [0.05, 0.1) is 36.5 Å². The highest BCUT2D eigenvalue weighted by molar-refractivity contribution is 5.66. The molecule has 0 aromatic heterocycles. The lowest BCUT2D eigenvalue weighted by Gasteiger charge is -2.34. The van der Waals surface area contributed by atoms with Gasteiger partial charge in [0.2, 0.25) is 0 Å². The standard InChI is InChI=1S/C35H34N2O2/c1-34(2,24-38-32-18-16-29(17-19-32)28-12-8-26(21-36)9-13-28)23-35(3,4)25-39-33-7-5-6-31(20-33)30-14-10-27(22-37)11-15-30/h5-20H,23-25H2,1-4H3. The molecule has 0 N–H and O–H groups in total. The van der Waals surface area contributed by atoms with Crippen molar-refractivity contribution in [2.24, 2.45) is 10.8 Å². The second-order valence-corrected chi connectivity index (χ2v) is 11.5. The summed E-state index contributed by atoms with van der Waals surface area (Å²) in [5, 5.41) is 18.0. The topological polar surface area (TPSA) is 66.0 Å². The van der Waals surface area contributed by atoms with Gasteiger partial charge in [0.15, 0.2) is 0 Å². The van der Waals surface area contributed by atoms with Gasteiger partial charge >= 0.3 is 0 Å². The van der Waals surface area contributed by atoms with Crippen molar-refractivity contribution in [2.45, 2.75) is 34.1 Å². The molecule has 4 aromatic carbocycles. The summed E-state index contributed by atoms with van der Waals surface area (Å²) < 4.78 is 12.4. The van der Waals surface area contributed by atoms with E-state index in [0.29, 0.717) is 24.3 Å². The number of rotatable bonds is 10. The Bertz CT molecular complexity index is 1470. The van der Waals surface area contributed by atoms with Gasteiger partial charge in [-0.25, -0.2) is 0 Å². The third-order valence-corrected chi connectivity index (χ3v) is 6.60. The fourth-order valence-electron chi connectivity index (χ4n) is 4.94. The number of nitriles is 2. The van der Waals surface area contributed by atoms with Gasteiger partial charge in [0, 0.05) is 0 Å². The van der Waals surface area contributed by atoms with Gasteiger partial charge < -0.3 is 9.47 Å². The first-order valence-corrected chi connectivity index (χ1v) is 13.1. The first-order chi connectivity index (χ1) is 18.7. The molecule has 0 aliphatic heterocycles. The fraction of sp³-hybridized carbons (Fsp3) is 0.257. The Balaban J connectivity index is 1.31. The van der Waals surface area contributed by atoms with Gasteiger partial charge in [0.1, 0.15) is 11.5 Å². The molecule has 0 saturated heterocycles. The van der Waals surface area contributed by atoms with Crippen LogP contribution < -0.4 is 9.47 Å². The minimum absolute atomic E-state index is 0.0526. The Labute approximate surface area is 232 Å². The Morgan fingerprint density at radius 3 is 1.46 bits per heavy atom. The molecule has 0 unspecified atom stereocenters. The summed E-state index contributed by atoms with van der Waals surface area (Å²) in [6, 6.07) is 35.7. The maximum absolute atomic E-state index is 9.04. The Kier molecular flexibility index (Phi) is 8.38. The van der Waals surface area contributed by atoms with E-state index in [-0.39, 0.29) is 10.8 Å². The van der Waals surface area contributed by atoms with Crippen molar-refractivity contribution < 1.29 is 9.47 Å². The zero-order valence-corrected chi connectivity index (χ0v) is 23.1. The first-order valence-electron chi connectivity index (χ1n) is 13.1. The van der Waals surface area contributed by atoms with Crippen molar-refractivity contribution in [2.75, 3.05) is 13.2 Å². The van der Waals surface area contributed by atoms with Crippen LogP contribution in [-0.2, 0) is 0 Å². The fourth-order valence-corrected chi connectivity index (χ4v) is 4.94. The maximum Gasteiger partial charge on any atom is 0.119 e. The van der Waals surface area contributed by atoms with E-state index in [0.717, 1.165) is 40.2 Å². The lowest BCUT2D eigenvalue weighted by molar-refractivity contribution is 0.0815. The quantitative estimate of drug-likeness (QED) is 0.212. The van der Waals surface area contributed by atoms with Crippen molar-refractivity contribution >= 4 is 0 Å². The monoisotopic (exact) mass is 514 g/mol. The molecule has 4 aromatic rings. The smallest absolute Gasteiger partial charge is 0.119 e. The van der Waals surface area contributed by atoms with E-state index in [2.05, 4.69) is 45.9 Å². The average Bonchev–Trinajstić information content (AvgIpc) is 2.95. The van der Waals surface area contributed by atoms with Crippen LogP contribution in [0.4, 0.5) is 0 Å².